The van der Waals surface area contributed by atoms with Crippen molar-refractivity contribution in [2.75, 3.05) is 14.1 Å². The number of esters is 1. The van der Waals surface area contributed by atoms with Gasteiger partial charge < -0.3 is 9.64 Å². The topological polar surface area (TPSA) is 46.6 Å². The van der Waals surface area contributed by atoms with Crippen LogP contribution < -0.4 is 0 Å². The predicted octanol–water partition coefficient (Wildman–Crippen LogP) is 2.34. The second-order valence-electron chi connectivity index (χ2n) is 4.36. The van der Waals surface area contributed by atoms with Crippen LogP contribution in [0.1, 0.15) is 22.8 Å². The third-order valence-corrected chi connectivity index (χ3v) is 2.52. The van der Waals surface area contributed by atoms with Crippen LogP contribution in [-0.4, -0.2) is 37.0 Å². The number of hydrogen-bond donors (Lipinski definition) is 0. The minimum absolute atomic E-state index is 0.0450. The van der Waals surface area contributed by atoms with Gasteiger partial charge in [0.1, 0.15) is 0 Å². The van der Waals surface area contributed by atoms with Gasteiger partial charge in [-0.15, -0.1) is 0 Å². The molecule has 4 nitrogen and oxygen atoms in total. The van der Waals surface area contributed by atoms with Gasteiger partial charge >= 0.3 is 12.1 Å². The Morgan fingerprint density at radius 1 is 1.15 bits per heavy atom. The number of carbonyl (C=O) groups excluding carboxylic acids is 2. The number of halogens is 3. The molecule has 1 aromatic rings. The van der Waals surface area contributed by atoms with Crippen LogP contribution in [0.4, 0.5) is 13.2 Å². The molecular formula is C13H14F3NO3. The first-order valence-corrected chi connectivity index (χ1v) is 5.72. The van der Waals surface area contributed by atoms with Gasteiger partial charge in [0.05, 0.1) is 11.1 Å². The molecule has 0 aliphatic carbocycles. The first-order chi connectivity index (χ1) is 9.12. The second-order valence-corrected chi connectivity index (χ2v) is 4.36. The van der Waals surface area contributed by atoms with Crippen LogP contribution >= 0.6 is 0 Å². The average molecular weight is 289 g/mol. The number of ether oxygens (including phenoxy) is 1. The fourth-order valence-electron chi connectivity index (χ4n) is 1.44. The highest BCUT2D eigenvalue weighted by Gasteiger charge is 2.30. The molecule has 1 amide bonds. The van der Waals surface area contributed by atoms with Gasteiger partial charge in [-0.05, 0) is 31.2 Å². The van der Waals surface area contributed by atoms with E-state index in [1.54, 1.807) is 0 Å². The lowest BCUT2D eigenvalue weighted by Crippen LogP contribution is -2.34. The first-order valence-electron chi connectivity index (χ1n) is 5.72. The van der Waals surface area contributed by atoms with Crippen LogP contribution in [0.25, 0.3) is 0 Å². The molecule has 0 heterocycles. The molecule has 1 atom stereocenters. The summed E-state index contributed by atoms with van der Waals surface area (Å²) in [7, 11) is 3.01. The Hall–Kier alpha value is -2.05. The van der Waals surface area contributed by atoms with Crippen molar-refractivity contribution >= 4 is 11.9 Å². The highest BCUT2D eigenvalue weighted by molar-refractivity contribution is 5.92. The molecule has 0 fully saturated rings. The Labute approximate surface area is 114 Å². The molecule has 0 aromatic heterocycles. The van der Waals surface area contributed by atoms with Crippen molar-refractivity contribution < 1.29 is 27.5 Å². The zero-order chi connectivity index (χ0) is 15.5. The lowest BCUT2D eigenvalue weighted by atomic mass is 10.1. The molecular weight excluding hydrogens is 275 g/mol. The lowest BCUT2D eigenvalue weighted by Gasteiger charge is -2.17. The molecule has 0 saturated carbocycles. The molecule has 1 aromatic carbocycles. The average Bonchev–Trinajstić information content (AvgIpc) is 2.36. The van der Waals surface area contributed by atoms with Crippen molar-refractivity contribution in [2.24, 2.45) is 0 Å². The lowest BCUT2D eigenvalue weighted by molar-refractivity contribution is -0.137. The maximum atomic E-state index is 12.4. The van der Waals surface area contributed by atoms with Crippen molar-refractivity contribution in [3.8, 4) is 0 Å². The predicted molar refractivity (Wildman–Crippen MR) is 65.0 cm³/mol. The molecule has 20 heavy (non-hydrogen) atoms. The molecule has 7 heteroatoms. The van der Waals surface area contributed by atoms with Crippen LogP contribution in [0.2, 0.25) is 0 Å². The fourth-order valence-corrected chi connectivity index (χ4v) is 1.44. The summed E-state index contributed by atoms with van der Waals surface area (Å²) in [5.74, 6) is -1.26. The number of rotatable bonds is 3. The van der Waals surface area contributed by atoms with Gasteiger partial charge in [-0.2, -0.15) is 13.2 Å². The highest BCUT2D eigenvalue weighted by Crippen LogP contribution is 2.29. The number of alkyl halides is 3. The van der Waals surface area contributed by atoms with Crippen molar-refractivity contribution in [1.29, 1.82) is 0 Å². The van der Waals surface area contributed by atoms with Crippen LogP contribution in [0.5, 0.6) is 0 Å². The number of nitrogens with zero attached hydrogens (tertiary/aromatic N) is 1. The van der Waals surface area contributed by atoms with E-state index in [-0.39, 0.29) is 5.56 Å². The fraction of sp³-hybridized carbons (Fsp3) is 0.385. The van der Waals surface area contributed by atoms with Crippen LogP contribution in [0.15, 0.2) is 24.3 Å². The van der Waals surface area contributed by atoms with Gasteiger partial charge in [0.2, 0.25) is 0 Å². The number of hydrogen-bond acceptors (Lipinski definition) is 3. The summed E-state index contributed by atoms with van der Waals surface area (Å²) in [4.78, 5) is 24.4. The maximum Gasteiger partial charge on any atom is 0.416 e. The second kappa shape index (κ2) is 5.94. The Kier molecular flexibility index (Phi) is 4.75. The van der Waals surface area contributed by atoms with E-state index < -0.39 is 29.7 Å². The van der Waals surface area contributed by atoms with E-state index in [4.69, 9.17) is 4.74 Å². The summed E-state index contributed by atoms with van der Waals surface area (Å²) in [5, 5.41) is 0. The van der Waals surface area contributed by atoms with Crippen LogP contribution in [-0.2, 0) is 15.7 Å². The van der Waals surface area contributed by atoms with Gasteiger partial charge in [0.15, 0.2) is 6.10 Å². The van der Waals surface area contributed by atoms with Gasteiger partial charge in [0, 0.05) is 14.1 Å². The molecule has 1 rings (SSSR count). The van der Waals surface area contributed by atoms with Gasteiger partial charge in [-0.25, -0.2) is 4.79 Å². The molecule has 0 aliphatic rings. The Balaban J connectivity index is 2.76. The minimum atomic E-state index is -4.46. The Morgan fingerprint density at radius 3 is 2.05 bits per heavy atom. The third kappa shape index (κ3) is 3.97. The van der Waals surface area contributed by atoms with Crippen LogP contribution in [0.3, 0.4) is 0 Å². The molecule has 0 aliphatic heterocycles. The third-order valence-electron chi connectivity index (χ3n) is 2.52. The van der Waals surface area contributed by atoms with Gasteiger partial charge in [-0.3, -0.25) is 4.79 Å². The molecule has 110 valence electrons. The van der Waals surface area contributed by atoms with Crippen molar-refractivity contribution in [3.05, 3.63) is 35.4 Å². The molecule has 0 bridgehead atoms. The zero-order valence-electron chi connectivity index (χ0n) is 11.2. The van der Waals surface area contributed by atoms with E-state index in [0.717, 1.165) is 24.3 Å². The molecule has 0 radical (unpaired) electrons. The number of amides is 1. The highest BCUT2D eigenvalue weighted by atomic mass is 19.4. The summed E-state index contributed by atoms with van der Waals surface area (Å²) < 4.78 is 42.0. The Bertz CT molecular complexity index is 495. The molecule has 0 N–H and O–H groups in total. The van der Waals surface area contributed by atoms with Crippen LogP contribution in [0, 0.1) is 0 Å². The monoisotopic (exact) mass is 289 g/mol. The van der Waals surface area contributed by atoms with E-state index in [0.29, 0.717) is 0 Å². The molecule has 0 spiro atoms. The Morgan fingerprint density at radius 2 is 1.65 bits per heavy atom. The normalized spacial score (nSPS) is 12.7. The summed E-state index contributed by atoms with van der Waals surface area (Å²) in [6.07, 6.45) is -5.46. The van der Waals surface area contributed by atoms with E-state index >= 15 is 0 Å². The van der Waals surface area contributed by atoms with E-state index in [1.807, 2.05) is 0 Å². The van der Waals surface area contributed by atoms with Crippen molar-refractivity contribution in [1.82, 2.24) is 4.90 Å². The first kappa shape index (κ1) is 16.0. The minimum Gasteiger partial charge on any atom is -0.449 e. The quantitative estimate of drug-likeness (QED) is 0.802. The zero-order valence-corrected chi connectivity index (χ0v) is 11.2. The number of likely N-dealkylation sites (N-methyl/N-ethyl adjacent to an activating group) is 1. The summed E-state index contributed by atoms with van der Waals surface area (Å²) in [6, 6.07) is 3.60. The summed E-state index contributed by atoms with van der Waals surface area (Å²) >= 11 is 0. The summed E-state index contributed by atoms with van der Waals surface area (Å²) in [6.45, 7) is 1.39. The largest absolute Gasteiger partial charge is 0.449 e. The van der Waals surface area contributed by atoms with Crippen molar-refractivity contribution in [2.45, 2.75) is 19.2 Å². The van der Waals surface area contributed by atoms with Crippen molar-refractivity contribution in [3.63, 3.8) is 0 Å². The summed E-state index contributed by atoms with van der Waals surface area (Å²) in [5.41, 5.74) is -0.900. The standard InChI is InChI=1S/C13H14F3NO3/c1-8(11(18)17(2)3)20-12(19)9-4-6-10(7-5-9)13(14,15)16/h4-8H,1-3H3. The van der Waals surface area contributed by atoms with Gasteiger partial charge in [0.25, 0.3) is 5.91 Å². The molecule has 1 unspecified atom stereocenters. The van der Waals surface area contributed by atoms with E-state index in [9.17, 15) is 22.8 Å². The van der Waals surface area contributed by atoms with E-state index in [1.165, 1.54) is 25.9 Å². The molecule has 0 saturated heterocycles. The number of benzene rings is 1. The van der Waals surface area contributed by atoms with E-state index in [2.05, 4.69) is 0 Å². The number of carbonyl (C=O) groups is 2. The SMILES string of the molecule is CC(OC(=O)c1ccc(C(F)(F)F)cc1)C(=O)N(C)C. The smallest absolute Gasteiger partial charge is 0.416 e. The van der Waals surface area contributed by atoms with Gasteiger partial charge in [-0.1, -0.05) is 0 Å². The maximum absolute atomic E-state index is 12.4.